The molecule has 0 atom stereocenters. The van der Waals surface area contributed by atoms with Crippen LogP contribution >= 0.6 is 22.7 Å². The van der Waals surface area contributed by atoms with Gasteiger partial charge in [-0.3, -0.25) is 0 Å². The van der Waals surface area contributed by atoms with E-state index in [1.54, 1.807) is 0 Å². The van der Waals surface area contributed by atoms with Crippen molar-refractivity contribution in [3.63, 3.8) is 0 Å². The van der Waals surface area contributed by atoms with E-state index in [1.807, 2.05) is 22.7 Å². The number of anilines is 6. The van der Waals surface area contributed by atoms with Crippen molar-refractivity contribution in [2.24, 2.45) is 0 Å². The lowest BCUT2D eigenvalue weighted by Gasteiger charge is -2.36. The molecular weight excluding hydrogens is 945 g/mol. The summed E-state index contributed by atoms with van der Waals surface area (Å²) in [5.41, 5.74) is 19.4. The molecule has 2 heterocycles. The van der Waals surface area contributed by atoms with Gasteiger partial charge in [0.1, 0.15) is 0 Å². The van der Waals surface area contributed by atoms with Crippen LogP contribution in [0.2, 0.25) is 0 Å². The van der Waals surface area contributed by atoms with Crippen LogP contribution in [-0.2, 0) is 18.3 Å². The fourth-order valence-electron chi connectivity index (χ4n) is 13.1. The van der Waals surface area contributed by atoms with Gasteiger partial charge in [-0.2, -0.15) is 0 Å². The third-order valence-corrected chi connectivity index (χ3v) is 18.9. The summed E-state index contributed by atoms with van der Waals surface area (Å²) < 4.78 is 5.19. The van der Waals surface area contributed by atoms with E-state index in [0.29, 0.717) is 0 Å². The summed E-state index contributed by atoms with van der Waals surface area (Å²) in [6.45, 7) is 4.47. The van der Waals surface area contributed by atoms with Gasteiger partial charge in [-0.15, -0.1) is 22.7 Å². The Balaban J connectivity index is 1.06. The van der Waals surface area contributed by atoms with Crippen molar-refractivity contribution in [2.75, 3.05) is 9.80 Å². The lowest BCUT2D eigenvalue weighted by Crippen LogP contribution is -2.29. The fraction of sp³-hybridized carbons (Fsp3) is 0.0986. The maximum atomic E-state index is 2.58. The van der Waals surface area contributed by atoms with Crippen LogP contribution < -0.4 is 9.80 Å². The first-order chi connectivity index (χ1) is 37.0. The second kappa shape index (κ2) is 17.4. The summed E-state index contributed by atoms with van der Waals surface area (Å²) >= 11 is 3.76. The van der Waals surface area contributed by atoms with Crippen LogP contribution in [0.25, 0.3) is 62.2 Å². The smallest absolute Gasteiger partial charge is 0.0715 e. The summed E-state index contributed by atoms with van der Waals surface area (Å²) in [6, 6.07) is 87.9. The topological polar surface area (TPSA) is 6.48 Å². The molecule has 0 N–H and O–H groups in total. The largest absolute Gasteiger partial charge is 0.310 e. The number of fused-ring (bicyclic) bond motifs is 12. The molecule has 2 aliphatic rings. The predicted molar refractivity (Wildman–Crippen MR) is 323 cm³/mol. The number of nitrogens with zero attached hydrogens (tertiary/aromatic N) is 2. The van der Waals surface area contributed by atoms with Gasteiger partial charge in [0.25, 0.3) is 0 Å². The highest BCUT2D eigenvalue weighted by Gasteiger charge is 2.48. The van der Waals surface area contributed by atoms with Crippen LogP contribution in [0, 0.1) is 13.8 Å². The van der Waals surface area contributed by atoms with Crippen LogP contribution in [0.15, 0.2) is 231 Å². The van der Waals surface area contributed by atoms with Crippen molar-refractivity contribution in [1.82, 2.24) is 0 Å². The fourth-order valence-corrected chi connectivity index (χ4v) is 15.3. The quantitative estimate of drug-likeness (QED) is 0.150. The molecule has 0 bridgehead atoms. The first-order valence-corrected chi connectivity index (χ1v) is 28.1. The molecule has 0 fully saturated rings. The van der Waals surface area contributed by atoms with E-state index < -0.39 is 5.41 Å². The summed E-state index contributed by atoms with van der Waals surface area (Å²) in [5.74, 6) is 0. The van der Waals surface area contributed by atoms with E-state index in [9.17, 15) is 0 Å². The number of aryl methyl sites for hydroxylation is 4. The Morgan fingerprint density at radius 3 is 1.53 bits per heavy atom. The number of thiophene rings is 2. The molecule has 75 heavy (non-hydrogen) atoms. The van der Waals surface area contributed by atoms with Crippen molar-refractivity contribution >= 4 is 108 Å². The van der Waals surface area contributed by atoms with Crippen LogP contribution in [0.4, 0.5) is 34.1 Å². The summed E-state index contributed by atoms with van der Waals surface area (Å²) in [6.07, 6.45) is 4.73. The molecule has 2 nitrogen and oxygen atoms in total. The van der Waals surface area contributed by atoms with Crippen molar-refractivity contribution in [2.45, 2.75) is 44.9 Å². The molecule has 358 valence electrons. The molecule has 0 unspecified atom stereocenters. The Morgan fingerprint density at radius 2 is 0.880 bits per heavy atom. The minimum absolute atomic E-state index is 0.708. The Labute approximate surface area is 446 Å². The van der Waals surface area contributed by atoms with Gasteiger partial charge in [0, 0.05) is 62.8 Å². The first-order valence-electron chi connectivity index (χ1n) is 26.4. The molecule has 0 spiro atoms. The maximum absolute atomic E-state index is 2.58. The summed E-state index contributed by atoms with van der Waals surface area (Å²) in [5, 5.41) is 7.61. The van der Waals surface area contributed by atoms with Gasteiger partial charge in [-0.05, 0) is 179 Å². The number of benzene rings is 11. The second-order valence-corrected chi connectivity index (χ2v) is 22.8. The van der Waals surface area contributed by atoms with Crippen molar-refractivity contribution in [1.29, 1.82) is 0 Å². The van der Waals surface area contributed by atoms with Crippen molar-refractivity contribution in [3.05, 3.63) is 275 Å². The minimum atomic E-state index is -0.708. The zero-order valence-electron chi connectivity index (χ0n) is 42.0. The zero-order valence-corrected chi connectivity index (χ0v) is 43.6. The number of hydrogen-bond acceptors (Lipinski definition) is 4. The normalized spacial score (nSPS) is 13.6. The minimum Gasteiger partial charge on any atom is -0.310 e. The van der Waals surface area contributed by atoms with Crippen LogP contribution in [0.3, 0.4) is 0 Å². The molecule has 0 aliphatic heterocycles. The van der Waals surface area contributed by atoms with E-state index in [4.69, 9.17) is 0 Å². The Morgan fingerprint density at radius 1 is 0.360 bits per heavy atom. The monoisotopic (exact) mass is 996 g/mol. The lowest BCUT2D eigenvalue weighted by atomic mass is 9.67. The predicted octanol–water partition coefficient (Wildman–Crippen LogP) is 20.4. The molecule has 2 aliphatic carbocycles. The molecule has 15 rings (SSSR count). The highest BCUT2D eigenvalue weighted by Crippen LogP contribution is 2.61. The Hall–Kier alpha value is -8.28. The molecular formula is C71H52N2S2. The van der Waals surface area contributed by atoms with E-state index in [1.165, 1.54) is 137 Å². The molecule has 0 amide bonds. The highest BCUT2D eigenvalue weighted by atomic mass is 32.1. The molecule has 0 radical (unpaired) electrons. The average molecular weight is 997 g/mol. The molecule has 0 saturated heterocycles. The average Bonchev–Trinajstić information content (AvgIpc) is 4.25. The van der Waals surface area contributed by atoms with Crippen LogP contribution in [0.1, 0.15) is 57.3 Å². The Bertz CT molecular complexity index is 4370. The van der Waals surface area contributed by atoms with Crippen LogP contribution in [0.5, 0.6) is 0 Å². The highest BCUT2D eigenvalue weighted by molar-refractivity contribution is 7.26. The van der Waals surface area contributed by atoms with Crippen LogP contribution in [-0.4, -0.2) is 0 Å². The standard InChI is InChI=1S/C71H52N2S2/c1-45-35-37-51(41-46(45)2)73(62-30-18-34-67-70(62)58-28-14-16-32-65(58)75-67)63-44-60-68(55-26-12-11-25-54(55)63)56-40-39-53(43-59(56)71(60,49-21-5-3-6-22-49)50-23-7-4-8-24-50)72(52-38-36-47-19-9-10-20-48(47)42-52)61-29-17-33-66-69(61)57-27-13-15-31-64(57)74-66/h3-8,11-18,21-44H,9-10,19-20H2,1-2H3. The van der Waals surface area contributed by atoms with Gasteiger partial charge >= 0.3 is 0 Å². The van der Waals surface area contributed by atoms with E-state index >= 15 is 0 Å². The lowest BCUT2D eigenvalue weighted by molar-refractivity contribution is 0.685. The van der Waals surface area contributed by atoms with Gasteiger partial charge in [0.05, 0.1) is 22.5 Å². The molecule has 2 aromatic heterocycles. The second-order valence-electron chi connectivity index (χ2n) is 20.7. The summed E-state index contributed by atoms with van der Waals surface area (Å²) in [7, 11) is 0. The van der Waals surface area contributed by atoms with Gasteiger partial charge in [0.15, 0.2) is 0 Å². The van der Waals surface area contributed by atoms with Crippen molar-refractivity contribution in [3.8, 4) is 11.1 Å². The van der Waals surface area contributed by atoms with E-state index in [0.717, 1.165) is 29.9 Å². The Kier molecular flexibility index (Phi) is 10.3. The SMILES string of the molecule is Cc1ccc(N(c2cc3c(c4ccccc24)-c2ccc(N(c4ccc5c(c4)CCCC5)c4cccc5sc6ccccc6c45)cc2C3(c2ccccc2)c2ccccc2)c2cccc3sc4ccccc4c23)cc1C. The number of rotatable bonds is 8. The third kappa shape index (κ3) is 6.76. The van der Waals surface area contributed by atoms with Crippen molar-refractivity contribution < 1.29 is 0 Å². The summed E-state index contributed by atoms with van der Waals surface area (Å²) in [4.78, 5) is 5.16. The molecule has 13 aromatic rings. The molecule has 4 heteroatoms. The zero-order chi connectivity index (χ0) is 49.8. The first kappa shape index (κ1) is 44.2. The van der Waals surface area contributed by atoms with Gasteiger partial charge in [-0.1, -0.05) is 152 Å². The van der Waals surface area contributed by atoms with E-state index in [-0.39, 0.29) is 0 Å². The van der Waals surface area contributed by atoms with Gasteiger partial charge in [0.2, 0.25) is 0 Å². The van der Waals surface area contributed by atoms with E-state index in [2.05, 4.69) is 254 Å². The van der Waals surface area contributed by atoms with Gasteiger partial charge in [-0.25, -0.2) is 0 Å². The molecule has 0 saturated carbocycles. The number of hydrogen-bond donors (Lipinski definition) is 0. The maximum Gasteiger partial charge on any atom is 0.0715 e. The molecule has 11 aromatic carbocycles. The third-order valence-electron chi connectivity index (χ3n) is 16.6. The van der Waals surface area contributed by atoms with Gasteiger partial charge < -0.3 is 9.80 Å².